The van der Waals surface area contributed by atoms with Crippen molar-refractivity contribution in [2.75, 3.05) is 7.05 Å². The van der Waals surface area contributed by atoms with E-state index in [0.717, 1.165) is 33.4 Å². The number of H-pyrrole nitrogens is 1. The Labute approximate surface area is 104 Å². The van der Waals surface area contributed by atoms with Crippen LogP contribution < -0.4 is 0 Å². The minimum atomic E-state index is 0.875. The molecular formula is C14H13N3O. The van der Waals surface area contributed by atoms with Crippen molar-refractivity contribution < 1.29 is 4.42 Å². The Morgan fingerprint density at radius 3 is 3.00 bits per heavy atom. The van der Waals surface area contributed by atoms with E-state index in [1.165, 1.54) is 0 Å². The average Bonchev–Trinajstić information content (AvgIpc) is 3.06. The van der Waals surface area contributed by atoms with Gasteiger partial charge in [0.25, 0.3) is 0 Å². The van der Waals surface area contributed by atoms with Gasteiger partial charge in [0.15, 0.2) is 0 Å². The van der Waals surface area contributed by atoms with Gasteiger partial charge in [0, 0.05) is 47.2 Å². The van der Waals surface area contributed by atoms with Gasteiger partial charge >= 0.3 is 0 Å². The molecule has 0 radical (unpaired) electrons. The molecule has 3 aromatic heterocycles. The predicted molar refractivity (Wildman–Crippen MR) is 71.9 cm³/mol. The molecule has 4 nitrogen and oxygen atoms in total. The Balaban J connectivity index is 2.22. The molecule has 0 aliphatic heterocycles. The SMILES string of the molecule is CN=C(C)c1c[nH]c2ncc(-c3ccoc3)cc12. The van der Waals surface area contributed by atoms with Crippen LogP contribution in [-0.4, -0.2) is 22.7 Å². The van der Waals surface area contributed by atoms with Crippen LogP contribution >= 0.6 is 0 Å². The minimum absolute atomic E-state index is 0.875. The molecular weight excluding hydrogens is 226 g/mol. The average molecular weight is 239 g/mol. The zero-order chi connectivity index (χ0) is 12.5. The van der Waals surface area contributed by atoms with E-state index in [0.29, 0.717) is 0 Å². The van der Waals surface area contributed by atoms with Crippen LogP contribution in [-0.2, 0) is 0 Å². The molecule has 1 N–H and O–H groups in total. The standard InChI is InChI=1S/C14H13N3O/c1-9(15-2)13-7-17-14-12(13)5-11(6-16-14)10-3-4-18-8-10/h3-8H,1-2H3,(H,16,17). The van der Waals surface area contributed by atoms with Gasteiger partial charge in [-0.05, 0) is 19.1 Å². The van der Waals surface area contributed by atoms with Gasteiger partial charge in [0.05, 0.1) is 12.5 Å². The predicted octanol–water partition coefficient (Wildman–Crippen LogP) is 3.26. The van der Waals surface area contributed by atoms with Crippen LogP contribution in [0.4, 0.5) is 0 Å². The first kappa shape index (κ1) is 10.8. The Morgan fingerprint density at radius 2 is 2.28 bits per heavy atom. The second-order valence-electron chi connectivity index (χ2n) is 4.14. The molecule has 0 bridgehead atoms. The maximum absolute atomic E-state index is 5.10. The highest BCUT2D eigenvalue weighted by Crippen LogP contribution is 2.25. The molecule has 0 aliphatic carbocycles. The topological polar surface area (TPSA) is 54.2 Å². The summed E-state index contributed by atoms with van der Waals surface area (Å²) in [4.78, 5) is 11.8. The zero-order valence-corrected chi connectivity index (χ0v) is 10.3. The normalized spacial score (nSPS) is 12.2. The first-order valence-electron chi connectivity index (χ1n) is 5.73. The fourth-order valence-electron chi connectivity index (χ4n) is 2.01. The fraction of sp³-hybridized carbons (Fsp3) is 0.143. The van der Waals surface area contributed by atoms with Crippen LogP contribution in [0, 0.1) is 0 Å². The lowest BCUT2D eigenvalue weighted by molar-refractivity contribution is 0.568. The number of hydrogen-bond donors (Lipinski definition) is 1. The number of fused-ring (bicyclic) bond motifs is 1. The number of aliphatic imine (C=N–C) groups is 1. The van der Waals surface area contributed by atoms with E-state index in [9.17, 15) is 0 Å². The number of rotatable bonds is 2. The fourth-order valence-corrected chi connectivity index (χ4v) is 2.01. The van der Waals surface area contributed by atoms with Gasteiger partial charge in [-0.1, -0.05) is 0 Å². The Kier molecular flexibility index (Phi) is 2.48. The van der Waals surface area contributed by atoms with E-state index in [4.69, 9.17) is 4.42 Å². The van der Waals surface area contributed by atoms with E-state index in [1.807, 2.05) is 25.4 Å². The largest absolute Gasteiger partial charge is 0.472 e. The van der Waals surface area contributed by atoms with Gasteiger partial charge in [-0.15, -0.1) is 0 Å². The van der Waals surface area contributed by atoms with Crippen LogP contribution in [0.15, 0.2) is 46.5 Å². The molecule has 0 fully saturated rings. The van der Waals surface area contributed by atoms with Gasteiger partial charge in [0.1, 0.15) is 5.65 Å². The lowest BCUT2D eigenvalue weighted by atomic mass is 10.1. The van der Waals surface area contributed by atoms with E-state index in [-0.39, 0.29) is 0 Å². The third-order valence-electron chi connectivity index (χ3n) is 3.11. The van der Waals surface area contributed by atoms with Crippen molar-refractivity contribution in [3.05, 3.63) is 42.6 Å². The van der Waals surface area contributed by atoms with Crippen molar-refractivity contribution in [2.24, 2.45) is 4.99 Å². The summed E-state index contributed by atoms with van der Waals surface area (Å²) in [5.74, 6) is 0. The van der Waals surface area contributed by atoms with Gasteiger partial charge in [0.2, 0.25) is 0 Å². The number of nitrogens with one attached hydrogen (secondary N) is 1. The molecule has 3 rings (SSSR count). The quantitative estimate of drug-likeness (QED) is 0.698. The Hall–Kier alpha value is -2.36. The molecule has 3 aromatic rings. The molecule has 0 aromatic carbocycles. The molecule has 0 unspecified atom stereocenters. The molecule has 4 heteroatoms. The molecule has 18 heavy (non-hydrogen) atoms. The number of furan rings is 1. The van der Waals surface area contributed by atoms with Crippen LogP contribution in [0.1, 0.15) is 12.5 Å². The van der Waals surface area contributed by atoms with Crippen LogP contribution in [0.2, 0.25) is 0 Å². The zero-order valence-electron chi connectivity index (χ0n) is 10.3. The summed E-state index contributed by atoms with van der Waals surface area (Å²) in [6.07, 6.45) is 7.16. The van der Waals surface area contributed by atoms with Gasteiger partial charge in [-0.3, -0.25) is 4.99 Å². The molecule has 0 spiro atoms. The second kappa shape index (κ2) is 4.14. The molecule has 0 amide bonds. The summed E-state index contributed by atoms with van der Waals surface area (Å²) in [5, 5.41) is 1.08. The molecule has 0 saturated carbocycles. The maximum Gasteiger partial charge on any atom is 0.137 e. The molecule has 0 saturated heterocycles. The Morgan fingerprint density at radius 1 is 1.39 bits per heavy atom. The molecule has 0 aliphatic rings. The number of pyridine rings is 1. The summed E-state index contributed by atoms with van der Waals surface area (Å²) in [6, 6.07) is 4.03. The van der Waals surface area contributed by atoms with Crippen LogP contribution in [0.5, 0.6) is 0 Å². The number of aromatic amines is 1. The summed E-state index contributed by atoms with van der Waals surface area (Å²) in [6.45, 7) is 1.99. The van der Waals surface area contributed by atoms with Gasteiger partial charge in [-0.25, -0.2) is 4.98 Å². The molecule has 0 atom stereocenters. The first-order valence-corrected chi connectivity index (χ1v) is 5.73. The second-order valence-corrected chi connectivity index (χ2v) is 4.14. The first-order chi connectivity index (χ1) is 8.79. The lowest BCUT2D eigenvalue weighted by Gasteiger charge is -2.00. The smallest absolute Gasteiger partial charge is 0.137 e. The van der Waals surface area contributed by atoms with Crippen molar-refractivity contribution in [1.29, 1.82) is 0 Å². The van der Waals surface area contributed by atoms with Crippen molar-refractivity contribution in [3.63, 3.8) is 0 Å². The Bertz CT molecular complexity index is 708. The number of nitrogens with zero attached hydrogens (tertiary/aromatic N) is 2. The summed E-state index contributed by atoms with van der Waals surface area (Å²) >= 11 is 0. The minimum Gasteiger partial charge on any atom is -0.472 e. The van der Waals surface area contributed by atoms with Gasteiger partial charge in [-0.2, -0.15) is 0 Å². The molecule has 90 valence electrons. The van der Waals surface area contributed by atoms with E-state index < -0.39 is 0 Å². The number of aromatic nitrogens is 2. The van der Waals surface area contributed by atoms with E-state index in [2.05, 4.69) is 21.0 Å². The highest BCUT2D eigenvalue weighted by molar-refractivity contribution is 6.09. The van der Waals surface area contributed by atoms with Crippen molar-refractivity contribution >= 4 is 16.7 Å². The van der Waals surface area contributed by atoms with E-state index in [1.54, 1.807) is 19.6 Å². The van der Waals surface area contributed by atoms with Crippen molar-refractivity contribution in [2.45, 2.75) is 6.92 Å². The third-order valence-corrected chi connectivity index (χ3v) is 3.11. The van der Waals surface area contributed by atoms with E-state index >= 15 is 0 Å². The summed E-state index contributed by atoms with van der Waals surface area (Å²) in [5.41, 5.74) is 5.03. The van der Waals surface area contributed by atoms with Crippen molar-refractivity contribution in [3.8, 4) is 11.1 Å². The summed E-state index contributed by atoms with van der Waals surface area (Å²) < 4.78 is 5.10. The van der Waals surface area contributed by atoms with Crippen LogP contribution in [0.3, 0.4) is 0 Å². The highest BCUT2D eigenvalue weighted by atomic mass is 16.3. The van der Waals surface area contributed by atoms with Crippen LogP contribution in [0.25, 0.3) is 22.2 Å². The highest BCUT2D eigenvalue weighted by Gasteiger charge is 2.09. The maximum atomic E-state index is 5.10. The van der Waals surface area contributed by atoms with Crippen molar-refractivity contribution in [1.82, 2.24) is 9.97 Å². The lowest BCUT2D eigenvalue weighted by Crippen LogP contribution is -1.92. The van der Waals surface area contributed by atoms with Gasteiger partial charge < -0.3 is 9.40 Å². The number of hydrogen-bond acceptors (Lipinski definition) is 3. The third kappa shape index (κ3) is 1.62. The molecule has 3 heterocycles. The monoisotopic (exact) mass is 239 g/mol. The summed E-state index contributed by atoms with van der Waals surface area (Å²) in [7, 11) is 1.79.